The third-order valence-corrected chi connectivity index (χ3v) is 2.75. The van der Waals surface area contributed by atoms with Gasteiger partial charge in [-0.25, -0.2) is 0 Å². The first-order valence-electron chi connectivity index (χ1n) is 6.10. The molecule has 1 aromatic rings. The standard InChI is InChI=1S/C13H24N2O/c1-11(2)15(12(3)4)8-7-14-10-13-6-5-9-16-13/h5-6,9,11-12,14H,7-8,10H2,1-4H3. The van der Waals surface area contributed by atoms with Crippen LogP contribution in [0.15, 0.2) is 22.8 Å². The summed E-state index contributed by atoms with van der Waals surface area (Å²) in [7, 11) is 0. The van der Waals surface area contributed by atoms with E-state index in [1.807, 2.05) is 12.1 Å². The summed E-state index contributed by atoms with van der Waals surface area (Å²) in [6, 6.07) is 5.12. The van der Waals surface area contributed by atoms with Crippen LogP contribution in [0.3, 0.4) is 0 Å². The topological polar surface area (TPSA) is 28.4 Å². The fourth-order valence-electron chi connectivity index (χ4n) is 1.95. The average Bonchev–Trinajstić information content (AvgIpc) is 2.68. The second kappa shape index (κ2) is 6.71. The zero-order valence-electron chi connectivity index (χ0n) is 10.9. The first-order valence-corrected chi connectivity index (χ1v) is 6.10. The van der Waals surface area contributed by atoms with Crippen LogP contribution in [0.1, 0.15) is 33.5 Å². The van der Waals surface area contributed by atoms with Crippen molar-refractivity contribution in [3.63, 3.8) is 0 Å². The van der Waals surface area contributed by atoms with Gasteiger partial charge in [0.15, 0.2) is 0 Å². The van der Waals surface area contributed by atoms with Crippen molar-refractivity contribution in [2.75, 3.05) is 13.1 Å². The molecule has 0 aliphatic carbocycles. The van der Waals surface area contributed by atoms with E-state index in [1.54, 1.807) is 6.26 Å². The number of nitrogens with zero attached hydrogens (tertiary/aromatic N) is 1. The Bertz CT molecular complexity index is 259. The average molecular weight is 224 g/mol. The van der Waals surface area contributed by atoms with Crippen molar-refractivity contribution in [3.8, 4) is 0 Å². The molecule has 3 nitrogen and oxygen atoms in total. The predicted octanol–water partition coefficient (Wildman–Crippen LogP) is 2.49. The lowest BCUT2D eigenvalue weighted by molar-refractivity contribution is 0.175. The second-order valence-electron chi connectivity index (χ2n) is 4.68. The van der Waals surface area contributed by atoms with Crippen molar-refractivity contribution in [2.45, 2.75) is 46.3 Å². The third-order valence-electron chi connectivity index (χ3n) is 2.75. The lowest BCUT2D eigenvalue weighted by atomic mass is 10.2. The van der Waals surface area contributed by atoms with Gasteiger partial charge in [0.25, 0.3) is 0 Å². The molecule has 0 saturated carbocycles. The molecule has 0 fully saturated rings. The molecule has 0 atom stereocenters. The molecular formula is C13H24N2O. The van der Waals surface area contributed by atoms with Gasteiger partial charge in [0, 0.05) is 25.2 Å². The van der Waals surface area contributed by atoms with Gasteiger partial charge >= 0.3 is 0 Å². The molecule has 0 bridgehead atoms. The highest BCUT2D eigenvalue weighted by atomic mass is 16.3. The van der Waals surface area contributed by atoms with Crippen LogP contribution in [-0.4, -0.2) is 30.1 Å². The van der Waals surface area contributed by atoms with Gasteiger partial charge in [0.2, 0.25) is 0 Å². The largest absolute Gasteiger partial charge is 0.468 e. The molecule has 1 heterocycles. The summed E-state index contributed by atoms with van der Waals surface area (Å²) >= 11 is 0. The Balaban J connectivity index is 2.18. The van der Waals surface area contributed by atoms with Crippen molar-refractivity contribution < 1.29 is 4.42 Å². The molecule has 1 aromatic heterocycles. The first kappa shape index (κ1) is 13.3. The fraction of sp³-hybridized carbons (Fsp3) is 0.692. The van der Waals surface area contributed by atoms with Crippen molar-refractivity contribution in [3.05, 3.63) is 24.2 Å². The van der Waals surface area contributed by atoms with Crippen LogP contribution in [0.4, 0.5) is 0 Å². The molecule has 16 heavy (non-hydrogen) atoms. The highest BCUT2D eigenvalue weighted by Gasteiger charge is 2.11. The Morgan fingerprint density at radius 3 is 2.44 bits per heavy atom. The molecule has 0 aliphatic rings. The summed E-state index contributed by atoms with van der Waals surface area (Å²) in [6.45, 7) is 11.9. The monoisotopic (exact) mass is 224 g/mol. The van der Waals surface area contributed by atoms with Crippen molar-refractivity contribution >= 4 is 0 Å². The van der Waals surface area contributed by atoms with Crippen LogP contribution < -0.4 is 5.32 Å². The molecule has 0 aromatic carbocycles. The molecule has 0 amide bonds. The summed E-state index contributed by atoms with van der Waals surface area (Å²) in [6.07, 6.45) is 1.71. The van der Waals surface area contributed by atoms with Crippen LogP contribution in [-0.2, 0) is 6.54 Å². The number of furan rings is 1. The SMILES string of the molecule is CC(C)N(CCNCc1ccco1)C(C)C. The van der Waals surface area contributed by atoms with Crippen molar-refractivity contribution in [1.82, 2.24) is 10.2 Å². The van der Waals surface area contributed by atoms with Gasteiger partial charge in [-0.3, -0.25) is 4.90 Å². The molecule has 1 N–H and O–H groups in total. The molecule has 0 spiro atoms. The second-order valence-corrected chi connectivity index (χ2v) is 4.68. The molecule has 1 rings (SSSR count). The number of hydrogen-bond acceptors (Lipinski definition) is 3. The fourth-order valence-corrected chi connectivity index (χ4v) is 1.95. The molecule has 0 radical (unpaired) electrons. The zero-order valence-corrected chi connectivity index (χ0v) is 10.9. The molecule has 0 aliphatic heterocycles. The van der Waals surface area contributed by atoms with Crippen LogP contribution in [0.25, 0.3) is 0 Å². The Labute approximate surface area is 98.8 Å². The van der Waals surface area contributed by atoms with E-state index < -0.39 is 0 Å². The Hall–Kier alpha value is -0.800. The van der Waals surface area contributed by atoms with E-state index in [0.717, 1.165) is 25.4 Å². The first-order chi connectivity index (χ1) is 7.61. The molecule has 92 valence electrons. The van der Waals surface area contributed by atoms with E-state index in [4.69, 9.17) is 4.42 Å². The smallest absolute Gasteiger partial charge is 0.117 e. The molecular weight excluding hydrogens is 200 g/mol. The van der Waals surface area contributed by atoms with Gasteiger partial charge in [0.1, 0.15) is 5.76 Å². The quantitative estimate of drug-likeness (QED) is 0.721. The minimum Gasteiger partial charge on any atom is -0.468 e. The van der Waals surface area contributed by atoms with Gasteiger partial charge < -0.3 is 9.73 Å². The lowest BCUT2D eigenvalue weighted by Gasteiger charge is -2.30. The van der Waals surface area contributed by atoms with Crippen LogP contribution in [0.2, 0.25) is 0 Å². The van der Waals surface area contributed by atoms with Gasteiger partial charge in [-0.15, -0.1) is 0 Å². The minimum absolute atomic E-state index is 0.602. The van der Waals surface area contributed by atoms with Crippen molar-refractivity contribution in [2.24, 2.45) is 0 Å². The summed E-state index contributed by atoms with van der Waals surface area (Å²) in [5.74, 6) is 1.00. The lowest BCUT2D eigenvalue weighted by Crippen LogP contribution is -2.41. The Kier molecular flexibility index (Phi) is 5.56. The predicted molar refractivity (Wildman–Crippen MR) is 67.4 cm³/mol. The number of hydrogen-bond donors (Lipinski definition) is 1. The summed E-state index contributed by atoms with van der Waals surface area (Å²) in [5, 5.41) is 3.39. The maximum atomic E-state index is 5.26. The summed E-state index contributed by atoms with van der Waals surface area (Å²) in [4.78, 5) is 2.48. The minimum atomic E-state index is 0.602. The normalized spacial score (nSPS) is 11.9. The van der Waals surface area contributed by atoms with Gasteiger partial charge in [-0.1, -0.05) is 0 Å². The maximum Gasteiger partial charge on any atom is 0.117 e. The van der Waals surface area contributed by atoms with E-state index in [0.29, 0.717) is 12.1 Å². The van der Waals surface area contributed by atoms with Crippen LogP contribution >= 0.6 is 0 Å². The molecule has 0 unspecified atom stereocenters. The highest BCUT2D eigenvalue weighted by molar-refractivity contribution is 4.97. The number of nitrogens with one attached hydrogen (secondary N) is 1. The van der Waals surface area contributed by atoms with E-state index in [-0.39, 0.29) is 0 Å². The van der Waals surface area contributed by atoms with Gasteiger partial charge in [-0.05, 0) is 39.8 Å². The maximum absolute atomic E-state index is 5.26. The van der Waals surface area contributed by atoms with Crippen LogP contribution in [0.5, 0.6) is 0 Å². The zero-order chi connectivity index (χ0) is 12.0. The summed E-state index contributed by atoms with van der Waals surface area (Å²) in [5.41, 5.74) is 0. The molecule has 3 heteroatoms. The Morgan fingerprint density at radius 2 is 1.94 bits per heavy atom. The van der Waals surface area contributed by atoms with E-state index >= 15 is 0 Å². The van der Waals surface area contributed by atoms with E-state index in [9.17, 15) is 0 Å². The number of rotatable bonds is 7. The van der Waals surface area contributed by atoms with E-state index in [1.165, 1.54) is 0 Å². The summed E-state index contributed by atoms with van der Waals surface area (Å²) < 4.78 is 5.26. The molecule has 0 saturated heterocycles. The van der Waals surface area contributed by atoms with E-state index in [2.05, 4.69) is 37.9 Å². The highest BCUT2D eigenvalue weighted by Crippen LogP contribution is 2.03. The van der Waals surface area contributed by atoms with Crippen LogP contribution in [0, 0.1) is 0 Å². The Morgan fingerprint density at radius 1 is 1.25 bits per heavy atom. The third kappa shape index (κ3) is 4.37. The van der Waals surface area contributed by atoms with Crippen molar-refractivity contribution in [1.29, 1.82) is 0 Å². The van der Waals surface area contributed by atoms with Gasteiger partial charge in [-0.2, -0.15) is 0 Å². The van der Waals surface area contributed by atoms with Gasteiger partial charge in [0.05, 0.1) is 12.8 Å².